The number of nitrogens with one attached hydrogen (secondary N) is 1. The topological polar surface area (TPSA) is 398 Å². The highest BCUT2D eigenvalue weighted by molar-refractivity contribution is 7.80. The lowest BCUT2D eigenvalue weighted by molar-refractivity contribution is -0.319. The van der Waals surface area contributed by atoms with Crippen molar-refractivity contribution in [3.05, 3.63) is 0 Å². The molecule has 3 aliphatic rings. The Hall–Kier alpha value is -0.820. The Morgan fingerprint density at radius 3 is 1.68 bits per heavy atom. The first-order valence-electron chi connectivity index (χ1n) is 12.8. The van der Waals surface area contributed by atoms with Gasteiger partial charge in [0.1, 0.15) is 48.3 Å². The molecular formula is C20H44N4O18S2. The normalized spacial score (nSPS) is 44.0. The van der Waals surface area contributed by atoms with Gasteiger partial charge >= 0.3 is 20.8 Å². The number of hydrogen-bond donors (Lipinski definition) is 14. The van der Waals surface area contributed by atoms with Crippen LogP contribution >= 0.6 is 0 Å². The minimum Gasteiger partial charge on any atom is -0.391 e. The molecule has 0 aromatic rings. The van der Waals surface area contributed by atoms with Gasteiger partial charge in [-0.15, -0.1) is 0 Å². The minimum absolute atomic E-state index is 0.135. The number of likely N-dealkylation sites (N-methyl/N-ethyl adjacent to an activating group) is 1. The molecule has 3 rings (SSSR count). The molecule has 2 heterocycles. The molecule has 17 N–H and O–H groups in total. The van der Waals surface area contributed by atoms with Crippen molar-refractivity contribution < 1.29 is 84.6 Å². The van der Waals surface area contributed by atoms with Crippen LogP contribution in [0.15, 0.2) is 0 Å². The van der Waals surface area contributed by atoms with Gasteiger partial charge < -0.3 is 72.1 Å². The maximum atomic E-state index is 11.1. The van der Waals surface area contributed by atoms with Crippen molar-refractivity contribution in [1.29, 1.82) is 0 Å². The number of hydrogen-bond acceptors (Lipinski definition) is 18. The lowest BCUT2D eigenvalue weighted by Gasteiger charge is -2.49. The van der Waals surface area contributed by atoms with Gasteiger partial charge in [0.2, 0.25) is 0 Å². The predicted molar refractivity (Wildman–Crippen MR) is 144 cm³/mol. The van der Waals surface area contributed by atoms with E-state index in [1.54, 1.807) is 7.05 Å². The summed E-state index contributed by atoms with van der Waals surface area (Å²) >= 11 is 0. The van der Waals surface area contributed by atoms with E-state index in [-0.39, 0.29) is 13.0 Å². The molecule has 3 unspecified atom stereocenters. The summed E-state index contributed by atoms with van der Waals surface area (Å²) in [6, 6.07) is -3.47. The van der Waals surface area contributed by atoms with Crippen molar-refractivity contribution in [1.82, 2.24) is 5.32 Å². The van der Waals surface area contributed by atoms with E-state index in [0.29, 0.717) is 0 Å². The Bertz CT molecular complexity index is 1050. The number of ether oxygens (including phenoxy) is 4. The molecule has 3 fully saturated rings. The van der Waals surface area contributed by atoms with Crippen molar-refractivity contribution in [2.24, 2.45) is 17.2 Å². The van der Waals surface area contributed by atoms with E-state index < -0.39 is 112 Å². The van der Waals surface area contributed by atoms with E-state index in [9.17, 15) is 30.6 Å². The summed E-state index contributed by atoms with van der Waals surface area (Å²) in [5, 5.41) is 65.2. The highest BCUT2D eigenvalue weighted by Gasteiger charge is 2.52. The molecule has 2 saturated heterocycles. The van der Waals surface area contributed by atoms with Crippen molar-refractivity contribution in [3.63, 3.8) is 0 Å². The second-order valence-corrected chi connectivity index (χ2v) is 12.5. The molecule has 2 aliphatic heterocycles. The smallest absolute Gasteiger partial charge is 0.391 e. The summed E-state index contributed by atoms with van der Waals surface area (Å²) in [4.78, 5) is 0. The molecule has 1 saturated carbocycles. The maximum Gasteiger partial charge on any atom is 0.394 e. The van der Waals surface area contributed by atoms with Crippen LogP contribution in [0.3, 0.4) is 0 Å². The van der Waals surface area contributed by atoms with Gasteiger partial charge in [0.05, 0.1) is 24.8 Å². The fourth-order valence-electron chi connectivity index (χ4n) is 4.95. The standard InChI is InChI=1S/C20H40N4O10.2H2O4S/c1-6(25)14-11(27)10(26)9(23)18(32-14)33-15-7(21)4-8(22)16(12(15)28)34-19-13(29)17(24-3)20(2,30)5-31-19;2*1-5(2,3)4/h6-19,24-30H,4-5,21-23H2,1-3H3;2*(H2,1,2,3,4)/t6?,7-,8+,9-,10-,11+,12-,13+,14-,15?,16-,17+,18-,19?,20-;;/m1../s1. The maximum absolute atomic E-state index is 11.1. The van der Waals surface area contributed by atoms with Gasteiger partial charge in [-0.25, -0.2) is 0 Å². The molecule has 0 aromatic carbocycles. The summed E-state index contributed by atoms with van der Waals surface area (Å²) in [5.41, 5.74) is 17.0. The van der Waals surface area contributed by atoms with E-state index in [2.05, 4.69) is 5.32 Å². The molecule has 15 atom stereocenters. The van der Waals surface area contributed by atoms with Gasteiger partial charge in [-0.2, -0.15) is 16.8 Å². The second-order valence-electron chi connectivity index (χ2n) is 10.7. The SMILES string of the molecule is CN[C@H]1[C@H](O)C(O[C@H]2[C@H](O)C(O[C@H]3O[C@H](C(C)O)[C@@H](O)[C@H](O)[C@H]3N)[C@H](N)C[C@@H]2N)OC[C@@]1(C)O.O=S(=O)(O)O.O=S(=O)(O)O. The van der Waals surface area contributed by atoms with E-state index in [0.717, 1.165) is 0 Å². The molecule has 1 aliphatic carbocycles. The van der Waals surface area contributed by atoms with Gasteiger partial charge in [0, 0.05) is 12.1 Å². The molecule has 22 nitrogen and oxygen atoms in total. The summed E-state index contributed by atoms with van der Waals surface area (Å²) < 4.78 is 85.9. The van der Waals surface area contributed by atoms with Gasteiger partial charge in [-0.3, -0.25) is 18.2 Å². The molecule has 44 heavy (non-hydrogen) atoms. The Balaban J connectivity index is 0.000000837. The summed E-state index contributed by atoms with van der Waals surface area (Å²) in [7, 11) is -7.76. The fourth-order valence-corrected chi connectivity index (χ4v) is 4.95. The molecule has 0 radical (unpaired) electrons. The van der Waals surface area contributed by atoms with E-state index in [4.69, 9.17) is 71.2 Å². The average Bonchev–Trinajstić information content (AvgIpc) is 2.83. The molecular weight excluding hydrogens is 648 g/mol. The minimum atomic E-state index is -4.67. The monoisotopic (exact) mass is 692 g/mol. The number of aliphatic hydroxyl groups excluding tert-OH is 5. The van der Waals surface area contributed by atoms with Crippen LogP contribution in [0.25, 0.3) is 0 Å². The first-order valence-corrected chi connectivity index (χ1v) is 15.6. The molecule has 0 bridgehead atoms. The largest absolute Gasteiger partial charge is 0.394 e. The van der Waals surface area contributed by atoms with Crippen LogP contribution < -0.4 is 22.5 Å². The third-order valence-corrected chi connectivity index (χ3v) is 6.95. The molecule has 24 heteroatoms. The Morgan fingerprint density at radius 1 is 0.841 bits per heavy atom. The van der Waals surface area contributed by atoms with Crippen LogP contribution in [-0.4, -0.2) is 171 Å². The fraction of sp³-hybridized carbons (Fsp3) is 1.00. The molecule has 0 aromatic heterocycles. The highest BCUT2D eigenvalue weighted by atomic mass is 32.3. The van der Waals surface area contributed by atoms with Gasteiger partial charge in [-0.05, 0) is 27.3 Å². The van der Waals surface area contributed by atoms with Crippen LogP contribution in [0, 0.1) is 0 Å². The summed E-state index contributed by atoms with van der Waals surface area (Å²) in [6.07, 6.45) is -12.4. The lowest BCUT2D eigenvalue weighted by atomic mass is 9.84. The molecule has 264 valence electrons. The van der Waals surface area contributed by atoms with Crippen LogP contribution in [0.5, 0.6) is 0 Å². The summed E-state index contributed by atoms with van der Waals surface area (Å²) in [6.45, 7) is 2.75. The Labute approximate surface area is 253 Å². The predicted octanol–water partition coefficient (Wildman–Crippen LogP) is -6.92. The Kier molecular flexibility index (Phi) is 15.3. The Morgan fingerprint density at radius 2 is 1.27 bits per heavy atom. The van der Waals surface area contributed by atoms with E-state index in [1.165, 1.54) is 13.8 Å². The van der Waals surface area contributed by atoms with Crippen LogP contribution in [0.1, 0.15) is 20.3 Å². The number of rotatable bonds is 6. The first kappa shape index (κ1) is 41.2. The zero-order chi connectivity index (χ0) is 34.5. The van der Waals surface area contributed by atoms with Crippen LogP contribution in [0.2, 0.25) is 0 Å². The zero-order valence-corrected chi connectivity index (χ0v) is 25.4. The van der Waals surface area contributed by atoms with Gasteiger partial charge in [0.25, 0.3) is 0 Å². The van der Waals surface area contributed by atoms with Crippen LogP contribution in [0.4, 0.5) is 0 Å². The third kappa shape index (κ3) is 12.4. The first-order chi connectivity index (χ1) is 19.8. The van der Waals surface area contributed by atoms with Crippen molar-refractivity contribution in [2.45, 2.75) is 111 Å². The lowest BCUT2D eigenvalue weighted by Crippen LogP contribution is -2.69. The van der Waals surface area contributed by atoms with Crippen molar-refractivity contribution in [3.8, 4) is 0 Å². The van der Waals surface area contributed by atoms with Crippen molar-refractivity contribution in [2.75, 3.05) is 13.7 Å². The van der Waals surface area contributed by atoms with E-state index in [1.807, 2.05) is 0 Å². The van der Waals surface area contributed by atoms with Gasteiger partial charge in [0.15, 0.2) is 12.6 Å². The number of aliphatic hydroxyl groups is 6. The third-order valence-electron chi connectivity index (χ3n) is 6.95. The molecule has 0 amide bonds. The zero-order valence-electron chi connectivity index (χ0n) is 23.8. The summed E-state index contributed by atoms with van der Waals surface area (Å²) in [5.74, 6) is 0. The quantitative estimate of drug-likeness (QED) is 0.115. The molecule has 0 spiro atoms. The second kappa shape index (κ2) is 16.3. The van der Waals surface area contributed by atoms with Crippen molar-refractivity contribution >= 4 is 20.8 Å². The van der Waals surface area contributed by atoms with Gasteiger partial charge in [-0.1, -0.05) is 0 Å². The van der Waals surface area contributed by atoms with E-state index >= 15 is 0 Å². The number of nitrogens with two attached hydrogens (primary N) is 3. The average molecular weight is 693 g/mol. The highest BCUT2D eigenvalue weighted by Crippen LogP contribution is 2.32. The van der Waals surface area contributed by atoms with Crippen LogP contribution in [-0.2, 0) is 39.7 Å².